The van der Waals surface area contributed by atoms with Crippen molar-refractivity contribution in [2.45, 2.75) is 50.1 Å². The van der Waals surface area contributed by atoms with Crippen molar-refractivity contribution in [2.24, 2.45) is 0 Å². The Morgan fingerprint density at radius 1 is 1.23 bits per heavy atom. The van der Waals surface area contributed by atoms with Crippen LogP contribution in [-0.4, -0.2) is 34.8 Å². The summed E-state index contributed by atoms with van der Waals surface area (Å²) in [6, 6.07) is 10.5. The molecule has 2 fully saturated rings. The minimum Gasteiger partial charge on any atom is -0.336 e. The number of benzene rings is 1. The topological polar surface area (TPSA) is 102 Å². The first-order chi connectivity index (χ1) is 12.4. The van der Waals surface area contributed by atoms with Gasteiger partial charge in [0.25, 0.3) is 5.91 Å². The maximum atomic E-state index is 12.8. The second-order valence-electron chi connectivity index (χ2n) is 7.12. The quantitative estimate of drug-likeness (QED) is 0.805. The zero-order valence-electron chi connectivity index (χ0n) is 14.7. The molecular weight excluding hydrogens is 332 g/mol. The van der Waals surface area contributed by atoms with Gasteiger partial charge in [-0.25, -0.2) is 4.79 Å². The van der Waals surface area contributed by atoms with Gasteiger partial charge < -0.3 is 10.6 Å². The van der Waals surface area contributed by atoms with Crippen LogP contribution < -0.4 is 10.6 Å². The van der Waals surface area contributed by atoms with Crippen molar-refractivity contribution in [1.82, 2.24) is 15.5 Å². The van der Waals surface area contributed by atoms with Crippen LogP contribution >= 0.6 is 0 Å². The maximum absolute atomic E-state index is 12.8. The minimum absolute atomic E-state index is 0.392. The first kappa shape index (κ1) is 17.9. The highest BCUT2D eigenvalue weighted by Gasteiger charge is 2.49. The lowest BCUT2D eigenvalue weighted by Gasteiger charge is -2.32. The number of hydrogen-bond donors (Lipinski definition) is 2. The molecule has 1 heterocycles. The molecule has 0 spiro atoms. The normalized spacial score (nSPS) is 24.7. The molecule has 2 N–H and O–H groups in total. The van der Waals surface area contributed by atoms with E-state index in [2.05, 4.69) is 16.7 Å². The van der Waals surface area contributed by atoms with E-state index in [-0.39, 0.29) is 0 Å². The van der Waals surface area contributed by atoms with Crippen LogP contribution in [0.4, 0.5) is 4.79 Å². The standard InChI is InChI=1S/C19H22N4O3/c1-18(14-8-4-2-5-9-14)16(25)23(17(26)22-18)12-15(24)21-19(13-20)10-6-3-7-11-19/h2,4-5,8-9H,3,6-7,10-12H2,1H3,(H,21,24)(H,22,26)/t18-/m1/s1. The molecule has 1 saturated heterocycles. The molecule has 1 aromatic rings. The largest absolute Gasteiger partial charge is 0.336 e. The number of rotatable bonds is 4. The first-order valence-electron chi connectivity index (χ1n) is 8.82. The van der Waals surface area contributed by atoms with Gasteiger partial charge in [-0.1, -0.05) is 49.6 Å². The summed E-state index contributed by atoms with van der Waals surface area (Å²) in [5, 5.41) is 14.9. The Morgan fingerprint density at radius 3 is 2.50 bits per heavy atom. The molecule has 1 aliphatic heterocycles. The number of nitriles is 1. The molecule has 1 atom stereocenters. The molecule has 3 rings (SSSR count). The summed E-state index contributed by atoms with van der Waals surface area (Å²) in [6.07, 6.45) is 3.99. The van der Waals surface area contributed by atoms with Gasteiger partial charge in [-0.2, -0.15) is 5.26 Å². The van der Waals surface area contributed by atoms with Crippen LogP contribution in [0.2, 0.25) is 0 Å². The highest BCUT2D eigenvalue weighted by molar-refractivity contribution is 6.09. The van der Waals surface area contributed by atoms with E-state index >= 15 is 0 Å². The number of nitrogens with zero attached hydrogens (tertiary/aromatic N) is 2. The average Bonchev–Trinajstić information content (AvgIpc) is 2.87. The van der Waals surface area contributed by atoms with E-state index in [9.17, 15) is 19.6 Å². The third-order valence-electron chi connectivity index (χ3n) is 5.23. The zero-order chi connectivity index (χ0) is 18.8. The molecule has 1 aliphatic carbocycles. The smallest absolute Gasteiger partial charge is 0.325 e. The van der Waals surface area contributed by atoms with Gasteiger partial charge in [0.2, 0.25) is 5.91 Å². The summed E-state index contributed by atoms with van der Waals surface area (Å²) in [5.41, 5.74) is -1.43. The predicted octanol–water partition coefficient (Wildman–Crippen LogP) is 1.80. The van der Waals surface area contributed by atoms with Crippen molar-refractivity contribution < 1.29 is 14.4 Å². The number of hydrogen-bond acceptors (Lipinski definition) is 4. The molecule has 0 aromatic heterocycles. The highest BCUT2D eigenvalue weighted by atomic mass is 16.2. The summed E-state index contributed by atoms with van der Waals surface area (Å²) in [5.74, 6) is -0.965. The lowest BCUT2D eigenvalue weighted by Crippen LogP contribution is -2.52. The van der Waals surface area contributed by atoms with Crippen molar-refractivity contribution in [1.29, 1.82) is 5.26 Å². The van der Waals surface area contributed by atoms with Gasteiger partial charge in [0.05, 0.1) is 6.07 Å². The molecule has 0 bridgehead atoms. The molecule has 7 heteroatoms. The molecular formula is C19H22N4O3. The van der Waals surface area contributed by atoms with Gasteiger partial charge in [0.1, 0.15) is 17.6 Å². The van der Waals surface area contributed by atoms with Crippen LogP contribution in [0.1, 0.15) is 44.6 Å². The van der Waals surface area contributed by atoms with Gasteiger partial charge in [-0.3, -0.25) is 14.5 Å². The van der Waals surface area contributed by atoms with E-state index in [4.69, 9.17) is 0 Å². The van der Waals surface area contributed by atoms with Crippen LogP contribution in [0.3, 0.4) is 0 Å². The molecule has 7 nitrogen and oxygen atoms in total. The summed E-state index contributed by atoms with van der Waals surface area (Å²) >= 11 is 0. The van der Waals surface area contributed by atoms with Crippen LogP contribution in [0.25, 0.3) is 0 Å². The van der Waals surface area contributed by atoms with E-state index in [0.717, 1.165) is 24.2 Å². The van der Waals surface area contributed by atoms with E-state index in [1.807, 2.05) is 6.07 Å². The fourth-order valence-electron chi connectivity index (χ4n) is 3.68. The number of urea groups is 1. The summed E-state index contributed by atoms with van der Waals surface area (Å²) in [4.78, 5) is 38.5. The third-order valence-corrected chi connectivity index (χ3v) is 5.23. The zero-order valence-corrected chi connectivity index (χ0v) is 14.7. The predicted molar refractivity (Wildman–Crippen MR) is 93.6 cm³/mol. The molecule has 26 heavy (non-hydrogen) atoms. The Balaban J connectivity index is 1.72. The Labute approximate surface area is 152 Å². The summed E-state index contributed by atoms with van der Waals surface area (Å²) in [7, 11) is 0. The number of amides is 4. The van der Waals surface area contributed by atoms with E-state index < -0.39 is 35.5 Å². The molecule has 4 amide bonds. The second-order valence-corrected chi connectivity index (χ2v) is 7.12. The fourth-order valence-corrected chi connectivity index (χ4v) is 3.68. The van der Waals surface area contributed by atoms with E-state index in [1.165, 1.54) is 0 Å². The lowest BCUT2D eigenvalue weighted by atomic mass is 9.83. The number of imide groups is 1. The Kier molecular flexibility index (Phi) is 4.68. The summed E-state index contributed by atoms with van der Waals surface area (Å²) < 4.78 is 0. The number of carbonyl (C=O) groups is 3. The van der Waals surface area contributed by atoms with Crippen LogP contribution in [0.5, 0.6) is 0 Å². The second kappa shape index (κ2) is 6.79. The monoisotopic (exact) mass is 354 g/mol. The summed E-state index contributed by atoms with van der Waals surface area (Å²) in [6.45, 7) is 1.23. The first-order valence-corrected chi connectivity index (χ1v) is 8.82. The van der Waals surface area contributed by atoms with E-state index in [0.29, 0.717) is 18.4 Å². The third kappa shape index (κ3) is 3.15. The Bertz CT molecular complexity index is 765. The van der Waals surface area contributed by atoms with Crippen molar-refractivity contribution >= 4 is 17.8 Å². The molecule has 1 aromatic carbocycles. The van der Waals surface area contributed by atoms with Crippen LogP contribution in [0.15, 0.2) is 30.3 Å². The Hall–Kier alpha value is -2.88. The SMILES string of the molecule is C[C@]1(c2ccccc2)NC(=O)N(CC(=O)NC2(C#N)CCCCC2)C1=O. The van der Waals surface area contributed by atoms with Crippen molar-refractivity contribution in [3.05, 3.63) is 35.9 Å². The molecule has 0 radical (unpaired) electrons. The van der Waals surface area contributed by atoms with Gasteiger partial charge >= 0.3 is 6.03 Å². The number of nitrogens with one attached hydrogen (secondary N) is 2. The van der Waals surface area contributed by atoms with Gasteiger partial charge in [-0.15, -0.1) is 0 Å². The van der Waals surface area contributed by atoms with Gasteiger partial charge in [0.15, 0.2) is 0 Å². The number of carbonyl (C=O) groups excluding carboxylic acids is 3. The average molecular weight is 354 g/mol. The Morgan fingerprint density at radius 2 is 1.88 bits per heavy atom. The van der Waals surface area contributed by atoms with Crippen LogP contribution in [-0.2, 0) is 15.1 Å². The van der Waals surface area contributed by atoms with E-state index in [1.54, 1.807) is 31.2 Å². The molecule has 0 unspecified atom stereocenters. The highest BCUT2D eigenvalue weighted by Crippen LogP contribution is 2.29. The van der Waals surface area contributed by atoms with Crippen molar-refractivity contribution in [2.75, 3.05) is 6.54 Å². The van der Waals surface area contributed by atoms with Crippen molar-refractivity contribution in [3.8, 4) is 6.07 Å². The van der Waals surface area contributed by atoms with Gasteiger partial charge in [-0.05, 0) is 25.3 Å². The van der Waals surface area contributed by atoms with Gasteiger partial charge in [0, 0.05) is 0 Å². The lowest BCUT2D eigenvalue weighted by molar-refractivity contribution is -0.135. The molecule has 136 valence electrons. The van der Waals surface area contributed by atoms with Crippen LogP contribution in [0, 0.1) is 11.3 Å². The molecule has 1 saturated carbocycles. The maximum Gasteiger partial charge on any atom is 0.325 e. The fraction of sp³-hybridized carbons (Fsp3) is 0.474. The van der Waals surface area contributed by atoms with Crippen molar-refractivity contribution in [3.63, 3.8) is 0 Å². The molecule has 2 aliphatic rings. The minimum atomic E-state index is -1.20.